The zero-order chi connectivity index (χ0) is 8.39. The number of hydrogen-bond acceptors (Lipinski definition) is 0. The molecule has 68 valence electrons. The summed E-state index contributed by atoms with van der Waals surface area (Å²) >= 11 is 0. The lowest BCUT2D eigenvalue weighted by Crippen LogP contribution is -2.26. The first-order valence-corrected chi connectivity index (χ1v) is 5.55. The molecular weight excluding hydrogens is 144 g/mol. The molecule has 12 heavy (non-hydrogen) atoms. The molecule has 2 saturated carbocycles. The predicted octanol–water partition coefficient (Wildman–Crippen LogP) is 3.92. The van der Waals surface area contributed by atoms with Gasteiger partial charge in [-0.1, -0.05) is 31.4 Å². The van der Waals surface area contributed by atoms with E-state index in [1.165, 1.54) is 51.4 Å². The minimum atomic E-state index is 0.933. The van der Waals surface area contributed by atoms with Crippen LogP contribution in [-0.2, 0) is 0 Å². The van der Waals surface area contributed by atoms with E-state index in [9.17, 15) is 0 Å². The van der Waals surface area contributed by atoms with Crippen LogP contribution in [0.4, 0.5) is 0 Å². The van der Waals surface area contributed by atoms with Crippen LogP contribution in [-0.4, -0.2) is 0 Å². The Morgan fingerprint density at radius 2 is 1.75 bits per heavy atom. The maximum atomic E-state index is 4.24. The molecule has 0 aromatic carbocycles. The van der Waals surface area contributed by atoms with E-state index >= 15 is 0 Å². The summed E-state index contributed by atoms with van der Waals surface area (Å²) in [5.41, 5.74) is 1.58. The Morgan fingerprint density at radius 3 is 2.50 bits per heavy atom. The van der Waals surface area contributed by atoms with Crippen LogP contribution in [0.25, 0.3) is 0 Å². The summed E-state index contributed by atoms with van der Waals surface area (Å²) in [5.74, 6) is 1.97. The zero-order valence-corrected chi connectivity index (χ0v) is 8.02. The fraction of sp³-hybridized carbons (Fsp3) is 0.833. The van der Waals surface area contributed by atoms with Gasteiger partial charge < -0.3 is 0 Å². The van der Waals surface area contributed by atoms with Crippen LogP contribution in [0.2, 0.25) is 0 Å². The van der Waals surface area contributed by atoms with Gasteiger partial charge in [0.25, 0.3) is 0 Å². The fourth-order valence-corrected chi connectivity index (χ4v) is 2.75. The first-order valence-electron chi connectivity index (χ1n) is 5.55. The highest BCUT2D eigenvalue weighted by molar-refractivity contribution is 5.07. The first kappa shape index (κ1) is 8.34. The maximum Gasteiger partial charge on any atom is -0.0177 e. The zero-order valence-electron chi connectivity index (χ0n) is 8.02. The van der Waals surface area contributed by atoms with E-state index in [1.807, 2.05) is 0 Å². The standard InChI is InChI=1S/C12H20/c1-10-6-4-2-3-5-7-11-8-9-12(10)11/h11-12H,1-9H2. The third-order valence-corrected chi connectivity index (χ3v) is 3.76. The highest BCUT2D eigenvalue weighted by Crippen LogP contribution is 2.44. The normalized spacial score (nSPS) is 37.2. The lowest BCUT2D eigenvalue weighted by molar-refractivity contribution is 0.195. The highest BCUT2D eigenvalue weighted by atomic mass is 14.4. The van der Waals surface area contributed by atoms with Gasteiger partial charge in [-0.2, -0.15) is 0 Å². The molecule has 0 aromatic heterocycles. The third-order valence-electron chi connectivity index (χ3n) is 3.76. The van der Waals surface area contributed by atoms with Gasteiger partial charge in [0.05, 0.1) is 0 Å². The Bertz CT molecular complexity index is 169. The maximum absolute atomic E-state index is 4.24. The molecule has 0 heteroatoms. The molecule has 0 N–H and O–H groups in total. The monoisotopic (exact) mass is 164 g/mol. The highest BCUT2D eigenvalue weighted by Gasteiger charge is 2.32. The second-order valence-corrected chi connectivity index (χ2v) is 4.56. The smallest absolute Gasteiger partial charge is 0.0177 e. The van der Waals surface area contributed by atoms with Crippen molar-refractivity contribution in [2.45, 2.75) is 51.4 Å². The van der Waals surface area contributed by atoms with Crippen LogP contribution in [0.5, 0.6) is 0 Å². The lowest BCUT2D eigenvalue weighted by atomic mass is 9.68. The average Bonchev–Trinajstić information content (AvgIpc) is 2.03. The minimum Gasteiger partial charge on any atom is -0.0996 e. The largest absolute Gasteiger partial charge is 0.0996 e. The van der Waals surface area contributed by atoms with Crippen LogP contribution in [0, 0.1) is 11.8 Å². The van der Waals surface area contributed by atoms with E-state index in [0.29, 0.717) is 0 Å². The second kappa shape index (κ2) is 3.64. The average molecular weight is 164 g/mol. The van der Waals surface area contributed by atoms with Crippen LogP contribution in [0.1, 0.15) is 51.4 Å². The van der Waals surface area contributed by atoms with Gasteiger partial charge in [0.1, 0.15) is 0 Å². The molecule has 0 spiro atoms. The van der Waals surface area contributed by atoms with Crippen molar-refractivity contribution in [3.05, 3.63) is 12.2 Å². The van der Waals surface area contributed by atoms with Crippen molar-refractivity contribution in [1.82, 2.24) is 0 Å². The Morgan fingerprint density at radius 1 is 0.917 bits per heavy atom. The van der Waals surface area contributed by atoms with E-state index < -0.39 is 0 Å². The van der Waals surface area contributed by atoms with E-state index in [1.54, 1.807) is 5.57 Å². The van der Waals surface area contributed by atoms with Gasteiger partial charge in [0.15, 0.2) is 0 Å². The Kier molecular flexibility index (Phi) is 2.53. The molecule has 0 nitrogen and oxygen atoms in total. The van der Waals surface area contributed by atoms with E-state index in [4.69, 9.17) is 0 Å². The Balaban J connectivity index is 1.94. The van der Waals surface area contributed by atoms with Crippen LogP contribution >= 0.6 is 0 Å². The number of hydrogen-bond donors (Lipinski definition) is 0. The quantitative estimate of drug-likeness (QED) is 0.476. The van der Waals surface area contributed by atoms with E-state index in [2.05, 4.69) is 6.58 Å². The summed E-state index contributed by atoms with van der Waals surface area (Å²) in [4.78, 5) is 0. The molecule has 2 rings (SSSR count). The topological polar surface area (TPSA) is 0 Å². The molecule has 0 amide bonds. The van der Waals surface area contributed by atoms with Crippen LogP contribution in [0.3, 0.4) is 0 Å². The van der Waals surface area contributed by atoms with Gasteiger partial charge in [0, 0.05) is 0 Å². The van der Waals surface area contributed by atoms with Crippen molar-refractivity contribution in [2.24, 2.45) is 11.8 Å². The predicted molar refractivity (Wildman–Crippen MR) is 53.1 cm³/mol. The summed E-state index contributed by atoms with van der Waals surface area (Å²) in [6, 6.07) is 0. The van der Waals surface area contributed by atoms with Gasteiger partial charge in [-0.3, -0.25) is 0 Å². The molecule has 0 saturated heterocycles. The third kappa shape index (κ3) is 1.57. The molecule has 2 aliphatic rings. The molecule has 2 fully saturated rings. The first-order chi connectivity index (χ1) is 5.88. The van der Waals surface area contributed by atoms with Gasteiger partial charge >= 0.3 is 0 Å². The summed E-state index contributed by atoms with van der Waals surface area (Å²) in [6.07, 6.45) is 11.5. The van der Waals surface area contributed by atoms with Crippen molar-refractivity contribution in [3.63, 3.8) is 0 Å². The van der Waals surface area contributed by atoms with E-state index in [-0.39, 0.29) is 0 Å². The second-order valence-electron chi connectivity index (χ2n) is 4.56. The van der Waals surface area contributed by atoms with Gasteiger partial charge in [-0.25, -0.2) is 0 Å². The molecule has 2 aliphatic carbocycles. The summed E-state index contributed by atoms with van der Waals surface area (Å²) in [5, 5.41) is 0. The molecule has 0 bridgehead atoms. The number of fused-ring (bicyclic) bond motifs is 1. The van der Waals surface area contributed by atoms with Crippen molar-refractivity contribution in [1.29, 1.82) is 0 Å². The van der Waals surface area contributed by atoms with Crippen molar-refractivity contribution >= 4 is 0 Å². The Hall–Kier alpha value is -0.260. The van der Waals surface area contributed by atoms with Crippen molar-refractivity contribution < 1.29 is 0 Å². The van der Waals surface area contributed by atoms with Crippen molar-refractivity contribution in [3.8, 4) is 0 Å². The fourth-order valence-electron chi connectivity index (χ4n) is 2.75. The molecule has 2 atom stereocenters. The van der Waals surface area contributed by atoms with E-state index in [0.717, 1.165) is 11.8 Å². The lowest BCUT2D eigenvalue weighted by Gasteiger charge is -2.38. The molecule has 2 unspecified atom stereocenters. The molecular formula is C12H20. The van der Waals surface area contributed by atoms with Crippen LogP contribution < -0.4 is 0 Å². The van der Waals surface area contributed by atoms with Crippen LogP contribution in [0.15, 0.2) is 12.2 Å². The Labute approximate surface area is 76.1 Å². The van der Waals surface area contributed by atoms with Gasteiger partial charge in [-0.05, 0) is 43.9 Å². The van der Waals surface area contributed by atoms with Crippen molar-refractivity contribution in [2.75, 3.05) is 0 Å². The molecule has 0 aliphatic heterocycles. The minimum absolute atomic E-state index is 0.933. The molecule has 0 aromatic rings. The summed E-state index contributed by atoms with van der Waals surface area (Å²) in [6.45, 7) is 4.24. The molecule has 0 radical (unpaired) electrons. The SMILES string of the molecule is C=C1CCCCCCC2CCC12. The summed E-state index contributed by atoms with van der Waals surface area (Å²) in [7, 11) is 0. The summed E-state index contributed by atoms with van der Waals surface area (Å²) < 4.78 is 0. The number of allylic oxidation sites excluding steroid dienone is 1. The van der Waals surface area contributed by atoms with Gasteiger partial charge in [-0.15, -0.1) is 0 Å². The molecule has 0 heterocycles. The number of rotatable bonds is 0. The van der Waals surface area contributed by atoms with Gasteiger partial charge in [0.2, 0.25) is 0 Å².